The summed E-state index contributed by atoms with van der Waals surface area (Å²) in [5.74, 6) is 2.74. The lowest BCUT2D eigenvalue weighted by Gasteiger charge is -2.12. The lowest BCUT2D eigenvalue weighted by Crippen LogP contribution is -1.94. The van der Waals surface area contributed by atoms with Crippen molar-refractivity contribution in [3.63, 3.8) is 0 Å². The van der Waals surface area contributed by atoms with E-state index in [1.165, 1.54) is 0 Å². The highest BCUT2D eigenvalue weighted by Crippen LogP contribution is 2.41. The second kappa shape index (κ2) is 8.05. The molecular weight excluding hydrogens is 312 g/mol. The van der Waals surface area contributed by atoms with Crippen LogP contribution in [0, 0.1) is 0 Å². The van der Waals surface area contributed by atoms with Gasteiger partial charge in [0.15, 0.2) is 23.0 Å². The molecule has 0 fully saturated rings. The van der Waals surface area contributed by atoms with E-state index >= 15 is 0 Å². The first-order valence-corrected chi connectivity index (χ1v) is 7.10. The van der Waals surface area contributed by atoms with Crippen molar-refractivity contribution < 1.29 is 23.7 Å². The van der Waals surface area contributed by atoms with Crippen molar-refractivity contribution in [1.82, 2.24) is 0 Å². The second-order valence-electron chi connectivity index (χ2n) is 4.62. The number of hydrogen-bond donors (Lipinski definition) is 0. The largest absolute Gasteiger partial charge is 0.493 e. The minimum Gasteiger partial charge on any atom is -0.493 e. The Kier molecular flexibility index (Phi) is 5.83. The predicted octanol–water partition coefficient (Wildman–Crippen LogP) is 4.15. The van der Waals surface area contributed by atoms with Gasteiger partial charge in [-0.3, -0.25) is 0 Å². The Labute approximate surface area is 140 Å². The fourth-order valence-corrected chi connectivity index (χ4v) is 2.13. The van der Waals surface area contributed by atoms with E-state index < -0.39 is 0 Å². The molecule has 2 aromatic rings. The molecule has 0 aliphatic carbocycles. The van der Waals surface area contributed by atoms with Gasteiger partial charge < -0.3 is 23.7 Å². The van der Waals surface area contributed by atoms with Gasteiger partial charge in [-0.05, 0) is 12.1 Å². The molecule has 0 bridgehead atoms. The van der Waals surface area contributed by atoms with Crippen LogP contribution < -0.4 is 23.7 Å². The number of rotatable bonds is 7. The molecule has 0 N–H and O–H groups in total. The van der Waals surface area contributed by atoms with E-state index in [0.717, 1.165) is 0 Å². The van der Waals surface area contributed by atoms with E-state index in [4.69, 9.17) is 23.7 Å². The van der Waals surface area contributed by atoms with Crippen molar-refractivity contribution in [2.75, 3.05) is 35.5 Å². The summed E-state index contributed by atoms with van der Waals surface area (Å²) in [4.78, 5) is 0. The standard InChI is InChI=1S/C17H20N2O5/c1-20-13-7-6-11(8-14(13)21-2)18-19-12-9-15(22-3)17(24-5)16(10-12)23-4/h6-10H,1-5H3. The monoisotopic (exact) mass is 332 g/mol. The highest BCUT2D eigenvalue weighted by molar-refractivity contribution is 5.60. The van der Waals surface area contributed by atoms with Crippen LogP contribution in [-0.4, -0.2) is 35.5 Å². The first kappa shape index (κ1) is 17.4. The van der Waals surface area contributed by atoms with Gasteiger partial charge in [-0.1, -0.05) is 0 Å². The maximum atomic E-state index is 5.30. The van der Waals surface area contributed by atoms with Gasteiger partial charge in [0.25, 0.3) is 0 Å². The number of hydrogen-bond acceptors (Lipinski definition) is 7. The van der Waals surface area contributed by atoms with Crippen LogP contribution in [0.3, 0.4) is 0 Å². The first-order chi connectivity index (χ1) is 11.7. The Hall–Kier alpha value is -2.96. The lowest BCUT2D eigenvalue weighted by atomic mass is 10.2. The summed E-state index contributed by atoms with van der Waals surface area (Å²) in [5, 5.41) is 8.42. The van der Waals surface area contributed by atoms with Crippen molar-refractivity contribution in [2.45, 2.75) is 0 Å². The van der Waals surface area contributed by atoms with Crippen molar-refractivity contribution in [1.29, 1.82) is 0 Å². The van der Waals surface area contributed by atoms with E-state index in [-0.39, 0.29) is 0 Å². The van der Waals surface area contributed by atoms with Crippen molar-refractivity contribution in [2.24, 2.45) is 10.2 Å². The quantitative estimate of drug-likeness (QED) is 0.712. The average molecular weight is 332 g/mol. The van der Waals surface area contributed by atoms with Crippen LogP contribution in [0.15, 0.2) is 40.6 Å². The summed E-state index contributed by atoms with van der Waals surface area (Å²) in [5.41, 5.74) is 1.20. The van der Waals surface area contributed by atoms with Gasteiger partial charge in [0.05, 0.1) is 46.9 Å². The Morgan fingerprint density at radius 3 is 1.54 bits per heavy atom. The van der Waals surface area contributed by atoms with Gasteiger partial charge in [0.1, 0.15) is 0 Å². The van der Waals surface area contributed by atoms with Crippen LogP contribution in [0.5, 0.6) is 28.7 Å². The summed E-state index contributed by atoms with van der Waals surface area (Å²) in [6.07, 6.45) is 0. The molecule has 0 aromatic heterocycles. The number of benzene rings is 2. The first-order valence-electron chi connectivity index (χ1n) is 7.10. The Morgan fingerprint density at radius 1 is 0.542 bits per heavy atom. The maximum absolute atomic E-state index is 5.30. The second-order valence-corrected chi connectivity index (χ2v) is 4.62. The topological polar surface area (TPSA) is 70.9 Å². The Balaban J connectivity index is 2.35. The molecule has 0 saturated heterocycles. The molecule has 7 nitrogen and oxygen atoms in total. The normalized spacial score (nSPS) is 10.5. The highest BCUT2D eigenvalue weighted by atomic mass is 16.5. The fraction of sp³-hybridized carbons (Fsp3) is 0.294. The molecule has 0 atom stereocenters. The van der Waals surface area contributed by atoms with Gasteiger partial charge in [-0.2, -0.15) is 10.2 Å². The van der Waals surface area contributed by atoms with E-state index in [0.29, 0.717) is 40.1 Å². The zero-order valence-corrected chi connectivity index (χ0v) is 14.3. The highest BCUT2D eigenvalue weighted by Gasteiger charge is 2.13. The van der Waals surface area contributed by atoms with E-state index in [1.807, 2.05) is 0 Å². The molecule has 0 heterocycles. The van der Waals surface area contributed by atoms with Gasteiger partial charge in [0, 0.05) is 18.2 Å². The molecule has 24 heavy (non-hydrogen) atoms. The molecule has 0 aliphatic heterocycles. The molecule has 0 amide bonds. The van der Waals surface area contributed by atoms with Gasteiger partial charge in [-0.25, -0.2) is 0 Å². The molecule has 0 saturated carbocycles. The van der Waals surface area contributed by atoms with E-state index in [9.17, 15) is 0 Å². The van der Waals surface area contributed by atoms with Crippen LogP contribution >= 0.6 is 0 Å². The van der Waals surface area contributed by atoms with Crippen LogP contribution in [0.2, 0.25) is 0 Å². The summed E-state index contributed by atoms with van der Waals surface area (Å²) >= 11 is 0. The molecule has 0 aliphatic rings. The Morgan fingerprint density at radius 2 is 1.04 bits per heavy atom. The minimum atomic E-state index is 0.505. The number of methoxy groups -OCH3 is 5. The molecule has 0 unspecified atom stereocenters. The molecule has 7 heteroatoms. The van der Waals surface area contributed by atoms with Crippen LogP contribution in [0.25, 0.3) is 0 Å². The molecule has 2 aromatic carbocycles. The van der Waals surface area contributed by atoms with Crippen molar-refractivity contribution >= 4 is 11.4 Å². The van der Waals surface area contributed by atoms with Crippen LogP contribution in [0.4, 0.5) is 11.4 Å². The summed E-state index contributed by atoms with van der Waals surface area (Å²) in [6, 6.07) is 8.71. The number of nitrogens with zero attached hydrogens (tertiary/aromatic N) is 2. The number of ether oxygens (including phenoxy) is 5. The van der Waals surface area contributed by atoms with Crippen LogP contribution in [0.1, 0.15) is 0 Å². The molecule has 128 valence electrons. The smallest absolute Gasteiger partial charge is 0.203 e. The molecule has 0 spiro atoms. The third-order valence-corrected chi connectivity index (χ3v) is 3.30. The van der Waals surface area contributed by atoms with Crippen molar-refractivity contribution in [3.8, 4) is 28.7 Å². The zero-order valence-electron chi connectivity index (χ0n) is 14.3. The number of azo groups is 1. The third kappa shape index (κ3) is 3.68. The average Bonchev–Trinajstić information content (AvgIpc) is 2.64. The van der Waals surface area contributed by atoms with Crippen LogP contribution in [-0.2, 0) is 0 Å². The Bertz CT molecular complexity index is 706. The maximum Gasteiger partial charge on any atom is 0.203 e. The predicted molar refractivity (Wildman–Crippen MR) is 89.8 cm³/mol. The fourth-order valence-electron chi connectivity index (χ4n) is 2.13. The lowest BCUT2D eigenvalue weighted by molar-refractivity contribution is 0.324. The summed E-state index contributed by atoms with van der Waals surface area (Å²) in [6.45, 7) is 0. The van der Waals surface area contributed by atoms with E-state index in [1.54, 1.807) is 65.9 Å². The summed E-state index contributed by atoms with van der Waals surface area (Å²) in [7, 11) is 7.79. The van der Waals surface area contributed by atoms with Gasteiger partial charge in [0.2, 0.25) is 5.75 Å². The van der Waals surface area contributed by atoms with Gasteiger partial charge >= 0.3 is 0 Å². The molecule has 0 radical (unpaired) electrons. The summed E-state index contributed by atoms with van der Waals surface area (Å²) < 4.78 is 26.3. The van der Waals surface area contributed by atoms with Crippen molar-refractivity contribution in [3.05, 3.63) is 30.3 Å². The molecular formula is C17H20N2O5. The SMILES string of the molecule is COc1ccc(N=Nc2cc(OC)c(OC)c(OC)c2)cc1OC. The van der Waals surface area contributed by atoms with Gasteiger partial charge in [-0.15, -0.1) is 0 Å². The zero-order chi connectivity index (χ0) is 17.5. The molecule has 2 rings (SSSR count). The third-order valence-electron chi connectivity index (χ3n) is 3.30. The van der Waals surface area contributed by atoms with E-state index in [2.05, 4.69) is 10.2 Å². The minimum absolute atomic E-state index is 0.505.